The Morgan fingerprint density at radius 2 is 2.31 bits per heavy atom. The maximum atomic E-state index is 5.59. The third-order valence-corrected chi connectivity index (χ3v) is 2.36. The van der Waals surface area contributed by atoms with Crippen LogP contribution in [0, 0.1) is 0 Å². The van der Waals surface area contributed by atoms with E-state index < -0.39 is 0 Å². The second kappa shape index (κ2) is 4.98. The molecule has 0 aliphatic heterocycles. The van der Waals surface area contributed by atoms with Crippen molar-refractivity contribution in [2.45, 2.75) is 6.42 Å². The first-order valence-corrected chi connectivity index (χ1v) is 5.59. The van der Waals surface area contributed by atoms with Gasteiger partial charge in [-0.3, -0.25) is 0 Å². The van der Waals surface area contributed by atoms with Crippen LogP contribution in [0.5, 0.6) is 0 Å². The number of nitrogens with two attached hydrogens (primary N) is 1. The first-order chi connectivity index (χ1) is 7.74. The summed E-state index contributed by atoms with van der Waals surface area (Å²) in [7, 11) is 0. The zero-order chi connectivity index (χ0) is 11.4. The largest absolute Gasteiger partial charge is 0.469 e. The zero-order valence-corrected chi connectivity index (χ0v) is 10.1. The van der Waals surface area contributed by atoms with Crippen LogP contribution in [0.1, 0.15) is 5.76 Å². The average Bonchev–Trinajstić information content (AvgIpc) is 2.69. The fourth-order valence-electron chi connectivity index (χ4n) is 1.27. The molecule has 0 atom stereocenters. The summed E-state index contributed by atoms with van der Waals surface area (Å²) in [4.78, 5) is 8.18. The third-order valence-electron chi connectivity index (χ3n) is 1.95. The molecule has 0 fully saturated rings. The van der Waals surface area contributed by atoms with Crippen LogP contribution in [-0.4, -0.2) is 16.5 Å². The number of halogens is 1. The molecule has 0 aliphatic rings. The molecule has 3 N–H and O–H groups in total. The summed E-state index contributed by atoms with van der Waals surface area (Å²) in [6, 6.07) is 5.44. The number of rotatable bonds is 4. The van der Waals surface area contributed by atoms with Crippen LogP contribution in [0.15, 0.2) is 33.5 Å². The summed E-state index contributed by atoms with van der Waals surface area (Å²) in [5.41, 5.74) is 5.59. The monoisotopic (exact) mass is 282 g/mol. The molecule has 2 heterocycles. The Morgan fingerprint density at radius 1 is 1.44 bits per heavy atom. The standard InChI is InChI=1S/C10H11BrN4O/c11-8-6-9(12)15-10(14-8)13-4-3-7-2-1-5-16-7/h1-2,5-6H,3-4H2,(H3,12,13,14,15). The summed E-state index contributed by atoms with van der Waals surface area (Å²) in [6.45, 7) is 0.698. The van der Waals surface area contributed by atoms with Crippen molar-refractivity contribution in [2.24, 2.45) is 0 Å². The molecule has 6 heteroatoms. The van der Waals surface area contributed by atoms with Crippen molar-refractivity contribution in [1.29, 1.82) is 0 Å². The van der Waals surface area contributed by atoms with Gasteiger partial charge in [0, 0.05) is 19.0 Å². The summed E-state index contributed by atoms with van der Waals surface area (Å²) in [5.74, 6) is 1.87. The Labute approximate surface area is 101 Å². The van der Waals surface area contributed by atoms with Gasteiger partial charge in [-0.05, 0) is 28.1 Å². The zero-order valence-electron chi connectivity index (χ0n) is 8.48. The highest BCUT2D eigenvalue weighted by atomic mass is 79.9. The number of furan rings is 1. The topological polar surface area (TPSA) is 77.0 Å². The SMILES string of the molecule is Nc1cc(Br)nc(NCCc2ccco2)n1. The van der Waals surface area contributed by atoms with E-state index in [0.29, 0.717) is 22.9 Å². The van der Waals surface area contributed by atoms with E-state index in [-0.39, 0.29) is 0 Å². The molecule has 84 valence electrons. The van der Waals surface area contributed by atoms with Crippen LogP contribution in [0.2, 0.25) is 0 Å². The lowest BCUT2D eigenvalue weighted by molar-refractivity contribution is 0.512. The second-order valence-electron chi connectivity index (χ2n) is 3.20. The molecule has 0 spiro atoms. The van der Waals surface area contributed by atoms with E-state index in [9.17, 15) is 0 Å². The summed E-state index contributed by atoms with van der Waals surface area (Å²) < 4.78 is 5.87. The lowest BCUT2D eigenvalue weighted by Crippen LogP contribution is -2.08. The first-order valence-electron chi connectivity index (χ1n) is 4.80. The molecule has 2 rings (SSSR count). The van der Waals surface area contributed by atoms with Gasteiger partial charge < -0.3 is 15.5 Å². The maximum absolute atomic E-state index is 5.59. The fraction of sp³-hybridized carbons (Fsp3) is 0.200. The van der Waals surface area contributed by atoms with Crippen LogP contribution in [-0.2, 0) is 6.42 Å². The predicted molar refractivity (Wildman–Crippen MR) is 65.0 cm³/mol. The van der Waals surface area contributed by atoms with E-state index >= 15 is 0 Å². The number of aromatic nitrogens is 2. The van der Waals surface area contributed by atoms with Crippen LogP contribution >= 0.6 is 15.9 Å². The van der Waals surface area contributed by atoms with Gasteiger partial charge in [0.15, 0.2) is 0 Å². The molecule has 2 aromatic rings. The van der Waals surface area contributed by atoms with Gasteiger partial charge in [0.25, 0.3) is 0 Å². The van der Waals surface area contributed by atoms with Crippen LogP contribution in [0.4, 0.5) is 11.8 Å². The molecule has 0 aliphatic carbocycles. The third kappa shape index (κ3) is 2.96. The highest BCUT2D eigenvalue weighted by Crippen LogP contribution is 2.12. The highest BCUT2D eigenvalue weighted by molar-refractivity contribution is 9.10. The van der Waals surface area contributed by atoms with Crippen molar-refractivity contribution >= 4 is 27.7 Å². The number of hydrogen-bond donors (Lipinski definition) is 2. The lowest BCUT2D eigenvalue weighted by atomic mass is 10.3. The number of nitrogens with one attached hydrogen (secondary N) is 1. The Kier molecular flexibility index (Phi) is 3.40. The normalized spacial score (nSPS) is 10.3. The molecular formula is C10H11BrN4O. The van der Waals surface area contributed by atoms with Crippen molar-refractivity contribution in [3.05, 3.63) is 34.8 Å². The van der Waals surface area contributed by atoms with Crippen molar-refractivity contribution in [3.63, 3.8) is 0 Å². The molecule has 0 amide bonds. The molecule has 0 saturated heterocycles. The molecule has 16 heavy (non-hydrogen) atoms. The van der Waals surface area contributed by atoms with Crippen molar-refractivity contribution in [2.75, 3.05) is 17.6 Å². The molecule has 5 nitrogen and oxygen atoms in total. The molecule has 0 saturated carbocycles. The Hall–Kier alpha value is -1.56. The van der Waals surface area contributed by atoms with Crippen molar-refractivity contribution < 1.29 is 4.42 Å². The quantitative estimate of drug-likeness (QED) is 0.840. The smallest absolute Gasteiger partial charge is 0.225 e. The van der Waals surface area contributed by atoms with Gasteiger partial charge in [-0.2, -0.15) is 4.98 Å². The van der Waals surface area contributed by atoms with E-state index in [1.54, 1.807) is 12.3 Å². The lowest BCUT2D eigenvalue weighted by Gasteiger charge is -2.04. The van der Waals surface area contributed by atoms with Gasteiger partial charge in [-0.15, -0.1) is 0 Å². The molecular weight excluding hydrogens is 272 g/mol. The number of nitrogen functional groups attached to an aromatic ring is 1. The fourth-order valence-corrected chi connectivity index (χ4v) is 1.67. The van der Waals surface area contributed by atoms with Crippen molar-refractivity contribution in [1.82, 2.24) is 9.97 Å². The number of anilines is 2. The van der Waals surface area contributed by atoms with Gasteiger partial charge in [-0.25, -0.2) is 4.98 Å². The van der Waals surface area contributed by atoms with Gasteiger partial charge in [0.2, 0.25) is 5.95 Å². The van der Waals surface area contributed by atoms with E-state index in [1.807, 2.05) is 12.1 Å². The summed E-state index contributed by atoms with van der Waals surface area (Å²) in [6.07, 6.45) is 2.44. The highest BCUT2D eigenvalue weighted by Gasteiger charge is 2.00. The first kappa shape index (κ1) is 10.9. The van der Waals surface area contributed by atoms with Crippen LogP contribution in [0.25, 0.3) is 0 Å². The molecule has 0 unspecified atom stereocenters. The van der Waals surface area contributed by atoms with Gasteiger partial charge in [0.1, 0.15) is 16.2 Å². The van der Waals surface area contributed by atoms with Crippen molar-refractivity contribution in [3.8, 4) is 0 Å². The van der Waals surface area contributed by atoms with Crippen LogP contribution in [0.3, 0.4) is 0 Å². The number of hydrogen-bond acceptors (Lipinski definition) is 5. The second-order valence-corrected chi connectivity index (χ2v) is 4.01. The average molecular weight is 283 g/mol. The maximum Gasteiger partial charge on any atom is 0.225 e. The molecule has 0 aromatic carbocycles. The summed E-state index contributed by atoms with van der Waals surface area (Å²) >= 11 is 3.25. The van der Waals surface area contributed by atoms with E-state index in [0.717, 1.165) is 12.2 Å². The van der Waals surface area contributed by atoms with Gasteiger partial charge in [-0.1, -0.05) is 0 Å². The van der Waals surface area contributed by atoms with Crippen LogP contribution < -0.4 is 11.1 Å². The molecule has 0 bridgehead atoms. The predicted octanol–water partition coefficient (Wildman–Crippen LogP) is 2.07. The molecule has 2 aromatic heterocycles. The number of nitrogens with zero attached hydrogens (tertiary/aromatic N) is 2. The van der Waals surface area contributed by atoms with E-state index in [1.165, 1.54) is 0 Å². The van der Waals surface area contributed by atoms with E-state index in [4.69, 9.17) is 10.2 Å². The Bertz CT molecular complexity index is 438. The van der Waals surface area contributed by atoms with Gasteiger partial charge >= 0.3 is 0 Å². The minimum absolute atomic E-state index is 0.433. The van der Waals surface area contributed by atoms with Gasteiger partial charge in [0.05, 0.1) is 6.26 Å². The summed E-state index contributed by atoms with van der Waals surface area (Å²) in [5, 5.41) is 3.07. The minimum Gasteiger partial charge on any atom is -0.469 e. The van der Waals surface area contributed by atoms with E-state index in [2.05, 4.69) is 31.2 Å². The molecule has 0 radical (unpaired) electrons. The Balaban J connectivity index is 1.89. The minimum atomic E-state index is 0.433. The Morgan fingerprint density at radius 3 is 3.00 bits per heavy atom.